The van der Waals surface area contributed by atoms with Crippen LogP contribution in [0.3, 0.4) is 0 Å². The number of β-amino-alcohol motifs (C(OH)–C–C–N with tert-alkyl or cyclic N) is 1. The number of aliphatic hydroxyl groups is 1. The van der Waals surface area contributed by atoms with E-state index in [9.17, 15) is 9.50 Å². The molecule has 0 spiro atoms. The molecule has 0 aliphatic carbocycles. The first kappa shape index (κ1) is 20.1. The second kappa shape index (κ2) is 8.66. The van der Waals surface area contributed by atoms with E-state index in [0.29, 0.717) is 13.1 Å². The lowest BCUT2D eigenvalue weighted by Gasteiger charge is -2.35. The number of rotatable bonds is 6. The fraction of sp³-hybridized carbons (Fsp3) is 0.417. The third-order valence-electron chi connectivity index (χ3n) is 6.18. The molecule has 0 bridgehead atoms. The molecule has 1 atom stereocenters. The quantitative estimate of drug-likeness (QED) is 0.692. The van der Waals surface area contributed by atoms with Crippen LogP contribution >= 0.6 is 0 Å². The summed E-state index contributed by atoms with van der Waals surface area (Å²) >= 11 is 0. The molecular formula is C24H30FN3O. The number of nitrogens with zero attached hydrogens (tertiary/aromatic N) is 3. The molecule has 5 heteroatoms. The minimum absolute atomic E-state index is 0.216. The molecule has 0 unspecified atom stereocenters. The number of aromatic nitrogens is 1. The summed E-state index contributed by atoms with van der Waals surface area (Å²) in [6.45, 7) is 10.2. The molecule has 2 aromatic carbocycles. The molecule has 0 saturated carbocycles. The maximum absolute atomic E-state index is 13.6. The second-order valence-corrected chi connectivity index (χ2v) is 8.20. The summed E-state index contributed by atoms with van der Waals surface area (Å²) in [5.74, 6) is -0.216. The van der Waals surface area contributed by atoms with Gasteiger partial charge in [0.1, 0.15) is 5.82 Å². The number of aliphatic hydroxyl groups excluding tert-OH is 1. The van der Waals surface area contributed by atoms with Crippen molar-refractivity contribution in [1.82, 2.24) is 14.4 Å². The van der Waals surface area contributed by atoms with Gasteiger partial charge in [-0.15, -0.1) is 0 Å². The Hall–Kier alpha value is -2.21. The number of hydrogen-bond donors (Lipinski definition) is 1. The summed E-state index contributed by atoms with van der Waals surface area (Å²) in [5, 5.41) is 11.7. The minimum Gasteiger partial charge on any atom is -0.390 e. The molecule has 0 amide bonds. The van der Waals surface area contributed by atoms with Crippen molar-refractivity contribution < 1.29 is 9.50 Å². The van der Waals surface area contributed by atoms with Crippen molar-refractivity contribution in [1.29, 1.82) is 0 Å². The van der Waals surface area contributed by atoms with Gasteiger partial charge in [0.25, 0.3) is 0 Å². The van der Waals surface area contributed by atoms with Crippen LogP contribution in [0.15, 0.2) is 48.5 Å². The van der Waals surface area contributed by atoms with Gasteiger partial charge in [0, 0.05) is 55.9 Å². The van der Waals surface area contributed by atoms with Gasteiger partial charge in [-0.05, 0) is 43.2 Å². The topological polar surface area (TPSA) is 31.6 Å². The Kier molecular flexibility index (Phi) is 5.99. The van der Waals surface area contributed by atoms with Crippen LogP contribution in [0.2, 0.25) is 0 Å². The van der Waals surface area contributed by atoms with Gasteiger partial charge in [0.15, 0.2) is 0 Å². The lowest BCUT2D eigenvalue weighted by molar-refractivity contribution is 0.0626. The maximum Gasteiger partial charge on any atom is 0.123 e. The highest BCUT2D eigenvalue weighted by Gasteiger charge is 2.21. The third-order valence-corrected chi connectivity index (χ3v) is 6.18. The fourth-order valence-electron chi connectivity index (χ4n) is 4.40. The van der Waals surface area contributed by atoms with Gasteiger partial charge in [-0.25, -0.2) is 4.39 Å². The van der Waals surface area contributed by atoms with Gasteiger partial charge in [0.05, 0.1) is 12.6 Å². The van der Waals surface area contributed by atoms with Crippen molar-refractivity contribution in [2.75, 3.05) is 32.7 Å². The molecule has 4 rings (SSSR count). The molecule has 2 heterocycles. The first-order valence-electron chi connectivity index (χ1n) is 10.4. The average Bonchev–Trinajstić information content (AvgIpc) is 2.95. The first-order chi connectivity index (χ1) is 14.0. The summed E-state index contributed by atoms with van der Waals surface area (Å²) in [5.41, 5.74) is 4.52. The number of benzene rings is 2. The lowest BCUT2D eigenvalue weighted by atomic mass is 10.1. The van der Waals surface area contributed by atoms with Crippen LogP contribution in [0, 0.1) is 19.7 Å². The summed E-state index contributed by atoms with van der Waals surface area (Å²) in [6, 6.07) is 15.5. The van der Waals surface area contributed by atoms with Crippen LogP contribution in [0.5, 0.6) is 0 Å². The predicted octanol–water partition coefficient (Wildman–Crippen LogP) is 3.58. The largest absolute Gasteiger partial charge is 0.390 e. The van der Waals surface area contributed by atoms with Crippen molar-refractivity contribution in [3.8, 4) is 0 Å². The molecule has 154 valence electrons. The Morgan fingerprint density at radius 3 is 2.34 bits per heavy atom. The zero-order valence-corrected chi connectivity index (χ0v) is 17.3. The smallest absolute Gasteiger partial charge is 0.123 e. The Labute approximate surface area is 172 Å². The Morgan fingerprint density at radius 1 is 0.931 bits per heavy atom. The molecule has 4 nitrogen and oxygen atoms in total. The standard InChI is InChI=1S/C24H30FN3O/c1-18-19(2)28(24-9-8-21(25)14-23(18)24)17-22(29)16-27-12-10-26(11-13-27)15-20-6-4-3-5-7-20/h3-9,14,22,29H,10-13,15-17H2,1-2H3/t22-/m1/s1. The summed E-state index contributed by atoms with van der Waals surface area (Å²) < 4.78 is 15.8. The molecule has 0 radical (unpaired) electrons. The van der Waals surface area contributed by atoms with Gasteiger partial charge in [0.2, 0.25) is 0 Å². The molecule has 1 fully saturated rings. The van der Waals surface area contributed by atoms with Crippen LogP contribution in [0.25, 0.3) is 10.9 Å². The van der Waals surface area contributed by atoms with E-state index in [-0.39, 0.29) is 5.82 Å². The van der Waals surface area contributed by atoms with Crippen LogP contribution in [-0.4, -0.2) is 58.3 Å². The monoisotopic (exact) mass is 395 g/mol. The Morgan fingerprint density at radius 2 is 1.62 bits per heavy atom. The van der Waals surface area contributed by atoms with Crippen molar-refractivity contribution in [2.45, 2.75) is 33.0 Å². The average molecular weight is 396 g/mol. The molecular weight excluding hydrogens is 365 g/mol. The van der Waals surface area contributed by atoms with Crippen LogP contribution in [-0.2, 0) is 13.1 Å². The van der Waals surface area contributed by atoms with E-state index in [1.54, 1.807) is 6.07 Å². The van der Waals surface area contributed by atoms with Gasteiger partial charge in [-0.1, -0.05) is 30.3 Å². The van der Waals surface area contributed by atoms with Gasteiger partial charge in [-0.2, -0.15) is 0 Å². The molecule has 1 saturated heterocycles. The van der Waals surface area contributed by atoms with E-state index in [2.05, 4.69) is 44.7 Å². The molecule has 1 aliphatic rings. The number of fused-ring (bicyclic) bond motifs is 1. The van der Waals surface area contributed by atoms with Gasteiger partial charge < -0.3 is 9.67 Å². The number of piperazine rings is 1. The number of halogens is 1. The number of aryl methyl sites for hydroxylation is 1. The predicted molar refractivity (Wildman–Crippen MR) is 116 cm³/mol. The zero-order chi connectivity index (χ0) is 20.4. The van der Waals surface area contributed by atoms with E-state index in [1.165, 1.54) is 11.6 Å². The number of hydrogen-bond acceptors (Lipinski definition) is 3. The van der Waals surface area contributed by atoms with Crippen LogP contribution in [0.4, 0.5) is 4.39 Å². The van der Waals surface area contributed by atoms with E-state index in [4.69, 9.17) is 0 Å². The summed E-state index contributed by atoms with van der Waals surface area (Å²) in [4.78, 5) is 4.82. The van der Waals surface area contributed by atoms with Gasteiger partial charge >= 0.3 is 0 Å². The second-order valence-electron chi connectivity index (χ2n) is 8.20. The minimum atomic E-state index is -0.450. The van der Waals surface area contributed by atoms with E-state index < -0.39 is 6.10 Å². The van der Waals surface area contributed by atoms with E-state index in [0.717, 1.165) is 54.9 Å². The first-order valence-corrected chi connectivity index (χ1v) is 10.4. The molecule has 1 aliphatic heterocycles. The highest BCUT2D eigenvalue weighted by atomic mass is 19.1. The SMILES string of the molecule is Cc1c(C)n(C[C@H](O)CN2CCN(Cc3ccccc3)CC2)c2ccc(F)cc12. The summed E-state index contributed by atoms with van der Waals surface area (Å²) in [7, 11) is 0. The van der Waals surface area contributed by atoms with Crippen molar-refractivity contribution >= 4 is 10.9 Å². The third kappa shape index (κ3) is 4.53. The molecule has 3 aromatic rings. The Bertz CT molecular complexity index is 961. The molecule has 1 aromatic heterocycles. The maximum atomic E-state index is 13.6. The van der Waals surface area contributed by atoms with Gasteiger partial charge in [-0.3, -0.25) is 9.80 Å². The Balaban J connectivity index is 1.33. The van der Waals surface area contributed by atoms with E-state index in [1.807, 2.05) is 19.9 Å². The zero-order valence-electron chi connectivity index (χ0n) is 17.3. The van der Waals surface area contributed by atoms with Crippen LogP contribution < -0.4 is 0 Å². The highest BCUT2D eigenvalue weighted by Crippen LogP contribution is 2.26. The molecule has 1 N–H and O–H groups in total. The van der Waals surface area contributed by atoms with E-state index >= 15 is 0 Å². The van der Waals surface area contributed by atoms with Crippen LogP contribution in [0.1, 0.15) is 16.8 Å². The normalized spacial score (nSPS) is 17.1. The van der Waals surface area contributed by atoms with Crippen molar-refractivity contribution in [3.05, 3.63) is 71.2 Å². The van der Waals surface area contributed by atoms with Crippen molar-refractivity contribution in [3.63, 3.8) is 0 Å². The molecule has 29 heavy (non-hydrogen) atoms. The lowest BCUT2D eigenvalue weighted by Crippen LogP contribution is -2.48. The van der Waals surface area contributed by atoms with Crippen molar-refractivity contribution in [2.24, 2.45) is 0 Å². The summed E-state index contributed by atoms with van der Waals surface area (Å²) in [6.07, 6.45) is -0.450. The highest BCUT2D eigenvalue weighted by molar-refractivity contribution is 5.85. The fourth-order valence-corrected chi connectivity index (χ4v) is 4.40.